The number of piperazine rings is 1. The maximum absolute atomic E-state index is 13.0. The summed E-state index contributed by atoms with van der Waals surface area (Å²) < 4.78 is 29.0. The molecule has 1 aliphatic carbocycles. The Kier molecular flexibility index (Phi) is 6.77. The van der Waals surface area contributed by atoms with Crippen molar-refractivity contribution in [2.24, 2.45) is 5.92 Å². The fourth-order valence-electron chi connectivity index (χ4n) is 4.11. The molecular weight excluding hydrogens is 378 g/mol. The van der Waals surface area contributed by atoms with Crippen LogP contribution in [0.2, 0.25) is 0 Å². The van der Waals surface area contributed by atoms with Crippen LogP contribution in [0.15, 0.2) is 6.07 Å². The van der Waals surface area contributed by atoms with Crippen molar-refractivity contribution >= 4 is 16.1 Å². The minimum Gasteiger partial charge on any atom is -0.335 e. The Labute approximate surface area is 168 Å². The third-order valence-electron chi connectivity index (χ3n) is 5.78. The molecule has 0 atom stereocenters. The van der Waals surface area contributed by atoms with Gasteiger partial charge < -0.3 is 4.90 Å². The lowest BCUT2D eigenvalue weighted by molar-refractivity contribution is 0.0687. The zero-order valence-electron chi connectivity index (χ0n) is 17.2. The smallest absolute Gasteiger partial charge is 0.282 e. The Morgan fingerprint density at radius 3 is 2.46 bits per heavy atom. The van der Waals surface area contributed by atoms with E-state index >= 15 is 0 Å². The first-order valence-corrected chi connectivity index (χ1v) is 11.8. The Balaban J connectivity index is 1.57. The second kappa shape index (κ2) is 8.92. The fourth-order valence-corrected chi connectivity index (χ4v) is 5.69. The number of rotatable bonds is 6. The molecule has 1 amide bonds. The standard InChI is InChI=1S/C19H33N5O3S/c1-15(2)13-16-14-18(21-20-16)19(25)23-9-11-24(12-10-23)28(26,27)22(3)17-7-5-4-6-8-17/h14-15,17H,4-13H2,1-3H3,(H,20,21). The molecule has 3 rings (SSSR count). The number of hydrogen-bond acceptors (Lipinski definition) is 4. The van der Waals surface area contributed by atoms with E-state index in [4.69, 9.17) is 0 Å². The molecule has 0 unspecified atom stereocenters. The van der Waals surface area contributed by atoms with Crippen LogP contribution in [0.1, 0.15) is 62.1 Å². The Bertz CT molecular complexity index is 762. The molecule has 1 N–H and O–H groups in total. The average molecular weight is 412 g/mol. The minimum atomic E-state index is -3.48. The van der Waals surface area contributed by atoms with E-state index in [1.54, 1.807) is 16.3 Å². The second-order valence-electron chi connectivity index (χ2n) is 8.38. The molecule has 8 nitrogen and oxygen atoms in total. The first-order valence-electron chi connectivity index (χ1n) is 10.4. The lowest BCUT2D eigenvalue weighted by atomic mass is 9.96. The summed E-state index contributed by atoms with van der Waals surface area (Å²) in [5.41, 5.74) is 1.36. The molecule has 1 saturated heterocycles. The minimum absolute atomic E-state index is 0.0989. The van der Waals surface area contributed by atoms with E-state index in [-0.39, 0.29) is 11.9 Å². The molecule has 1 aromatic heterocycles. The van der Waals surface area contributed by atoms with Gasteiger partial charge in [-0.05, 0) is 31.2 Å². The number of amides is 1. The molecule has 1 saturated carbocycles. The largest absolute Gasteiger partial charge is 0.335 e. The van der Waals surface area contributed by atoms with Crippen molar-refractivity contribution in [3.05, 3.63) is 17.5 Å². The van der Waals surface area contributed by atoms with Crippen LogP contribution >= 0.6 is 0 Å². The molecule has 0 radical (unpaired) electrons. The molecule has 2 heterocycles. The normalized spacial score (nSPS) is 20.2. The number of aromatic amines is 1. The zero-order valence-corrected chi connectivity index (χ0v) is 18.0. The Hall–Kier alpha value is -1.45. The van der Waals surface area contributed by atoms with Crippen LogP contribution in [0.25, 0.3) is 0 Å². The maximum Gasteiger partial charge on any atom is 0.282 e. The van der Waals surface area contributed by atoms with Crippen molar-refractivity contribution in [2.75, 3.05) is 33.2 Å². The summed E-state index contributed by atoms with van der Waals surface area (Å²) in [5.74, 6) is 0.349. The van der Waals surface area contributed by atoms with Crippen LogP contribution in [0, 0.1) is 5.92 Å². The molecule has 2 aliphatic rings. The van der Waals surface area contributed by atoms with Crippen LogP contribution < -0.4 is 0 Å². The van der Waals surface area contributed by atoms with E-state index in [9.17, 15) is 13.2 Å². The van der Waals surface area contributed by atoms with Gasteiger partial charge in [0, 0.05) is 45.0 Å². The lowest BCUT2D eigenvalue weighted by Crippen LogP contribution is -2.55. The predicted octanol–water partition coefficient (Wildman–Crippen LogP) is 1.88. The van der Waals surface area contributed by atoms with Gasteiger partial charge in [-0.25, -0.2) is 0 Å². The molecule has 1 aliphatic heterocycles. The number of nitrogens with one attached hydrogen (secondary N) is 1. The molecule has 2 fully saturated rings. The molecular formula is C19H33N5O3S. The quantitative estimate of drug-likeness (QED) is 0.774. The summed E-state index contributed by atoms with van der Waals surface area (Å²) in [7, 11) is -1.78. The van der Waals surface area contributed by atoms with Gasteiger partial charge in [-0.2, -0.15) is 22.1 Å². The van der Waals surface area contributed by atoms with Gasteiger partial charge in [-0.3, -0.25) is 9.89 Å². The summed E-state index contributed by atoms with van der Waals surface area (Å²) in [6, 6.07) is 1.91. The molecule has 28 heavy (non-hydrogen) atoms. The van der Waals surface area contributed by atoms with E-state index in [1.165, 1.54) is 10.7 Å². The van der Waals surface area contributed by atoms with Crippen LogP contribution in [-0.4, -0.2) is 77.3 Å². The van der Waals surface area contributed by atoms with E-state index in [0.29, 0.717) is 37.8 Å². The van der Waals surface area contributed by atoms with E-state index in [2.05, 4.69) is 24.0 Å². The highest BCUT2D eigenvalue weighted by Crippen LogP contribution is 2.25. The van der Waals surface area contributed by atoms with Gasteiger partial charge in [0.05, 0.1) is 0 Å². The number of carbonyl (C=O) groups is 1. The lowest BCUT2D eigenvalue weighted by Gasteiger charge is -2.38. The molecule has 9 heteroatoms. The predicted molar refractivity (Wildman–Crippen MR) is 108 cm³/mol. The summed E-state index contributed by atoms with van der Waals surface area (Å²) >= 11 is 0. The van der Waals surface area contributed by atoms with Gasteiger partial charge in [0.2, 0.25) is 0 Å². The molecule has 0 bridgehead atoms. The van der Waals surface area contributed by atoms with E-state index < -0.39 is 10.2 Å². The molecule has 0 aromatic carbocycles. The third kappa shape index (κ3) is 4.75. The number of hydrogen-bond donors (Lipinski definition) is 1. The monoisotopic (exact) mass is 411 g/mol. The topological polar surface area (TPSA) is 89.6 Å². The van der Waals surface area contributed by atoms with Crippen LogP contribution in [0.3, 0.4) is 0 Å². The number of H-pyrrole nitrogens is 1. The van der Waals surface area contributed by atoms with Gasteiger partial charge in [0.15, 0.2) is 0 Å². The fraction of sp³-hybridized carbons (Fsp3) is 0.789. The summed E-state index contributed by atoms with van der Waals surface area (Å²) in [6.45, 7) is 5.67. The highest BCUT2D eigenvalue weighted by atomic mass is 32.2. The summed E-state index contributed by atoms with van der Waals surface area (Å²) in [6.07, 6.45) is 6.10. The zero-order chi connectivity index (χ0) is 20.3. The maximum atomic E-state index is 13.0. The molecule has 1 aromatic rings. The second-order valence-corrected chi connectivity index (χ2v) is 10.4. The summed E-state index contributed by atoms with van der Waals surface area (Å²) in [5, 5.41) is 7.08. The molecule has 158 valence electrons. The van der Waals surface area contributed by atoms with Crippen molar-refractivity contribution in [1.82, 2.24) is 23.7 Å². The van der Waals surface area contributed by atoms with Gasteiger partial charge in [-0.1, -0.05) is 33.1 Å². The molecule has 0 spiro atoms. The Morgan fingerprint density at radius 2 is 1.86 bits per heavy atom. The van der Waals surface area contributed by atoms with Crippen molar-refractivity contribution < 1.29 is 13.2 Å². The van der Waals surface area contributed by atoms with Gasteiger partial charge in [-0.15, -0.1) is 0 Å². The SMILES string of the molecule is CC(C)Cc1cc(C(=O)N2CCN(S(=O)(=O)N(C)C3CCCCC3)CC2)n[nH]1. The van der Waals surface area contributed by atoms with Gasteiger partial charge in [0.25, 0.3) is 16.1 Å². The van der Waals surface area contributed by atoms with Crippen molar-refractivity contribution in [3.8, 4) is 0 Å². The first kappa shape index (κ1) is 21.3. The highest BCUT2D eigenvalue weighted by molar-refractivity contribution is 7.86. The first-order chi connectivity index (χ1) is 13.3. The number of carbonyl (C=O) groups excluding carboxylic acids is 1. The third-order valence-corrected chi connectivity index (χ3v) is 7.83. The van der Waals surface area contributed by atoms with E-state index in [1.807, 2.05) is 6.07 Å². The number of aromatic nitrogens is 2. The van der Waals surface area contributed by atoms with Crippen LogP contribution in [0.4, 0.5) is 0 Å². The average Bonchev–Trinajstić information content (AvgIpc) is 3.15. The van der Waals surface area contributed by atoms with Crippen molar-refractivity contribution in [1.29, 1.82) is 0 Å². The van der Waals surface area contributed by atoms with Gasteiger partial charge >= 0.3 is 0 Å². The highest BCUT2D eigenvalue weighted by Gasteiger charge is 2.35. The van der Waals surface area contributed by atoms with E-state index in [0.717, 1.165) is 37.8 Å². The van der Waals surface area contributed by atoms with Crippen LogP contribution in [0.5, 0.6) is 0 Å². The van der Waals surface area contributed by atoms with Crippen LogP contribution in [-0.2, 0) is 16.6 Å². The van der Waals surface area contributed by atoms with Crippen molar-refractivity contribution in [3.63, 3.8) is 0 Å². The van der Waals surface area contributed by atoms with Crippen molar-refractivity contribution in [2.45, 2.75) is 58.4 Å². The Morgan fingerprint density at radius 1 is 1.21 bits per heavy atom. The number of nitrogens with zero attached hydrogens (tertiary/aromatic N) is 4. The van der Waals surface area contributed by atoms with Gasteiger partial charge in [0.1, 0.15) is 5.69 Å². The summed E-state index contributed by atoms with van der Waals surface area (Å²) in [4.78, 5) is 14.4.